The van der Waals surface area contributed by atoms with E-state index in [9.17, 15) is 0 Å². The summed E-state index contributed by atoms with van der Waals surface area (Å²) < 4.78 is 0. The van der Waals surface area contributed by atoms with Crippen molar-refractivity contribution in [2.24, 2.45) is 0 Å². The largest absolute Gasteiger partial charge is 0.362 e. The normalized spacial score (nSPS) is 14.1. The molecule has 0 fully saturated rings. The summed E-state index contributed by atoms with van der Waals surface area (Å²) in [5.74, 6) is 0.504. The Hall–Kier alpha value is -1.93. The molecule has 1 aliphatic rings. The SMILES string of the molecule is N#Cc1cccnc1NC(=S)NCCC1=CCCCC1. The van der Waals surface area contributed by atoms with Gasteiger partial charge in [-0.05, 0) is 56.5 Å². The summed E-state index contributed by atoms with van der Waals surface area (Å²) >= 11 is 5.22. The van der Waals surface area contributed by atoms with Gasteiger partial charge in [-0.1, -0.05) is 11.6 Å². The van der Waals surface area contributed by atoms with E-state index in [1.165, 1.54) is 31.3 Å². The predicted octanol–water partition coefficient (Wildman–Crippen LogP) is 3.13. The molecule has 1 aromatic heterocycles. The highest BCUT2D eigenvalue weighted by atomic mass is 32.1. The first kappa shape index (κ1) is 14.5. The highest BCUT2D eigenvalue weighted by Gasteiger charge is 2.06. The lowest BCUT2D eigenvalue weighted by Gasteiger charge is -2.14. The van der Waals surface area contributed by atoms with Crippen molar-refractivity contribution in [2.75, 3.05) is 11.9 Å². The van der Waals surface area contributed by atoms with Crippen molar-refractivity contribution in [3.05, 3.63) is 35.5 Å². The molecule has 2 rings (SSSR count). The first-order chi connectivity index (χ1) is 9.79. The summed E-state index contributed by atoms with van der Waals surface area (Å²) in [6, 6.07) is 5.53. The van der Waals surface area contributed by atoms with Crippen LogP contribution in [0.25, 0.3) is 0 Å². The summed E-state index contributed by atoms with van der Waals surface area (Å²) in [6.45, 7) is 0.812. The van der Waals surface area contributed by atoms with Crippen LogP contribution in [0.4, 0.5) is 5.82 Å². The van der Waals surface area contributed by atoms with Crippen molar-refractivity contribution in [1.82, 2.24) is 10.3 Å². The van der Waals surface area contributed by atoms with E-state index in [-0.39, 0.29) is 0 Å². The number of anilines is 1. The van der Waals surface area contributed by atoms with Gasteiger partial charge in [0.15, 0.2) is 5.11 Å². The van der Waals surface area contributed by atoms with Gasteiger partial charge < -0.3 is 10.6 Å². The molecule has 0 unspecified atom stereocenters. The van der Waals surface area contributed by atoms with E-state index in [2.05, 4.69) is 27.8 Å². The molecule has 1 heterocycles. The van der Waals surface area contributed by atoms with Gasteiger partial charge >= 0.3 is 0 Å². The average molecular weight is 286 g/mol. The lowest BCUT2D eigenvalue weighted by atomic mass is 9.97. The minimum Gasteiger partial charge on any atom is -0.362 e. The molecule has 0 amide bonds. The Bertz CT molecular complexity index is 545. The van der Waals surface area contributed by atoms with Gasteiger partial charge in [0.2, 0.25) is 0 Å². The molecule has 0 aliphatic heterocycles. The zero-order chi connectivity index (χ0) is 14.2. The molecule has 0 aromatic carbocycles. The lowest BCUT2D eigenvalue weighted by molar-refractivity contribution is 0.669. The van der Waals surface area contributed by atoms with Gasteiger partial charge in [0, 0.05) is 12.7 Å². The van der Waals surface area contributed by atoms with E-state index < -0.39 is 0 Å². The van der Waals surface area contributed by atoms with Gasteiger partial charge in [-0.3, -0.25) is 0 Å². The number of rotatable bonds is 4. The van der Waals surface area contributed by atoms with E-state index in [4.69, 9.17) is 17.5 Å². The molecule has 1 aliphatic carbocycles. The summed E-state index contributed by atoms with van der Waals surface area (Å²) in [5, 5.41) is 15.6. The Labute approximate surface area is 124 Å². The Morgan fingerprint density at radius 2 is 2.35 bits per heavy atom. The Kier molecular flexibility index (Phi) is 5.51. The summed E-state index contributed by atoms with van der Waals surface area (Å²) in [5.41, 5.74) is 2.01. The molecule has 0 saturated heterocycles. The van der Waals surface area contributed by atoms with E-state index >= 15 is 0 Å². The maximum Gasteiger partial charge on any atom is 0.171 e. The molecule has 0 atom stereocenters. The quantitative estimate of drug-likeness (QED) is 0.658. The summed E-state index contributed by atoms with van der Waals surface area (Å²) in [6.07, 6.45) is 10.0. The molecule has 2 N–H and O–H groups in total. The Morgan fingerprint density at radius 1 is 1.45 bits per heavy atom. The van der Waals surface area contributed by atoms with Crippen LogP contribution >= 0.6 is 12.2 Å². The van der Waals surface area contributed by atoms with Gasteiger partial charge in [0.25, 0.3) is 0 Å². The third-order valence-electron chi connectivity index (χ3n) is 3.28. The second-order valence-corrected chi connectivity index (χ2v) is 5.16. The lowest BCUT2D eigenvalue weighted by Crippen LogP contribution is -2.30. The van der Waals surface area contributed by atoms with Crippen LogP contribution in [0.2, 0.25) is 0 Å². The average Bonchev–Trinajstić information content (AvgIpc) is 2.49. The standard InChI is InChI=1S/C15H18N4S/c16-11-13-7-4-9-17-14(13)19-15(20)18-10-8-12-5-2-1-3-6-12/h4-5,7,9H,1-3,6,8,10H2,(H2,17,18,19,20). The number of allylic oxidation sites excluding steroid dienone is 1. The fraction of sp³-hybridized carbons (Fsp3) is 0.400. The fourth-order valence-electron chi connectivity index (χ4n) is 2.22. The second kappa shape index (κ2) is 7.61. The van der Waals surface area contributed by atoms with E-state index in [0.29, 0.717) is 16.5 Å². The zero-order valence-corrected chi connectivity index (χ0v) is 12.2. The fourth-order valence-corrected chi connectivity index (χ4v) is 2.41. The van der Waals surface area contributed by atoms with Crippen LogP contribution in [0, 0.1) is 11.3 Å². The van der Waals surface area contributed by atoms with Crippen LogP contribution in [0.5, 0.6) is 0 Å². The van der Waals surface area contributed by atoms with Gasteiger partial charge in [-0.2, -0.15) is 5.26 Å². The van der Waals surface area contributed by atoms with Crippen LogP contribution in [0.1, 0.15) is 37.7 Å². The van der Waals surface area contributed by atoms with Crippen molar-refractivity contribution in [2.45, 2.75) is 32.1 Å². The molecule has 4 nitrogen and oxygen atoms in total. The molecule has 0 saturated carbocycles. The highest BCUT2D eigenvalue weighted by Crippen LogP contribution is 2.19. The maximum absolute atomic E-state index is 8.98. The number of hydrogen-bond donors (Lipinski definition) is 2. The predicted molar refractivity (Wildman–Crippen MR) is 84.3 cm³/mol. The molecule has 0 spiro atoms. The third kappa shape index (κ3) is 4.32. The molecular weight excluding hydrogens is 268 g/mol. The summed E-state index contributed by atoms with van der Waals surface area (Å²) in [7, 11) is 0. The minimum atomic E-state index is 0.492. The van der Waals surface area contributed by atoms with Gasteiger partial charge in [-0.15, -0.1) is 0 Å². The molecule has 0 radical (unpaired) electrons. The van der Waals surface area contributed by atoms with Crippen molar-refractivity contribution in [3.8, 4) is 6.07 Å². The number of nitrogens with zero attached hydrogens (tertiary/aromatic N) is 2. The second-order valence-electron chi connectivity index (χ2n) is 4.75. The van der Waals surface area contributed by atoms with Gasteiger partial charge in [0.1, 0.15) is 11.9 Å². The molecule has 0 bridgehead atoms. The Morgan fingerprint density at radius 3 is 3.10 bits per heavy atom. The first-order valence-corrected chi connectivity index (χ1v) is 7.28. The number of pyridine rings is 1. The molecule has 1 aromatic rings. The number of aromatic nitrogens is 1. The van der Waals surface area contributed by atoms with Crippen molar-refractivity contribution in [1.29, 1.82) is 5.26 Å². The smallest absolute Gasteiger partial charge is 0.171 e. The van der Waals surface area contributed by atoms with Crippen LogP contribution in [-0.2, 0) is 0 Å². The van der Waals surface area contributed by atoms with Crippen LogP contribution in [-0.4, -0.2) is 16.6 Å². The summed E-state index contributed by atoms with van der Waals surface area (Å²) in [4.78, 5) is 4.11. The van der Waals surface area contributed by atoms with Gasteiger partial charge in [0.05, 0.1) is 5.56 Å². The zero-order valence-electron chi connectivity index (χ0n) is 11.4. The number of nitrogens with one attached hydrogen (secondary N) is 2. The number of hydrogen-bond acceptors (Lipinski definition) is 3. The van der Waals surface area contributed by atoms with Crippen LogP contribution in [0.15, 0.2) is 30.0 Å². The molecule has 104 valence electrons. The van der Waals surface area contributed by atoms with Gasteiger partial charge in [-0.25, -0.2) is 4.98 Å². The Balaban J connectivity index is 1.78. The number of nitriles is 1. The van der Waals surface area contributed by atoms with Crippen molar-refractivity contribution in [3.63, 3.8) is 0 Å². The monoisotopic (exact) mass is 286 g/mol. The third-order valence-corrected chi connectivity index (χ3v) is 3.52. The van der Waals surface area contributed by atoms with Crippen LogP contribution in [0.3, 0.4) is 0 Å². The van der Waals surface area contributed by atoms with Crippen LogP contribution < -0.4 is 10.6 Å². The van der Waals surface area contributed by atoms with Crippen molar-refractivity contribution < 1.29 is 0 Å². The molecular formula is C15H18N4S. The van der Waals surface area contributed by atoms with E-state index in [1.54, 1.807) is 18.3 Å². The molecule has 20 heavy (non-hydrogen) atoms. The van der Waals surface area contributed by atoms with Crippen molar-refractivity contribution >= 4 is 23.1 Å². The highest BCUT2D eigenvalue weighted by molar-refractivity contribution is 7.80. The minimum absolute atomic E-state index is 0.492. The maximum atomic E-state index is 8.98. The topological polar surface area (TPSA) is 60.7 Å². The number of thiocarbonyl (C=S) groups is 1. The molecule has 5 heteroatoms. The first-order valence-electron chi connectivity index (χ1n) is 6.87. The van der Waals surface area contributed by atoms with E-state index in [1.807, 2.05) is 0 Å². The van der Waals surface area contributed by atoms with E-state index in [0.717, 1.165) is 13.0 Å².